The van der Waals surface area contributed by atoms with Crippen LogP contribution >= 0.6 is 0 Å². The van der Waals surface area contributed by atoms with Gasteiger partial charge in [-0.25, -0.2) is 0 Å². The summed E-state index contributed by atoms with van der Waals surface area (Å²) < 4.78 is 0. The molecule has 1 heterocycles. The number of carboxylic acid groups (broad SMARTS) is 1. The number of H-pyrrole nitrogens is 1. The number of nitrogens with one attached hydrogen (secondary N) is 1. The van der Waals surface area contributed by atoms with Gasteiger partial charge in [-0.15, -0.1) is 0 Å². The van der Waals surface area contributed by atoms with Gasteiger partial charge >= 0.3 is 0 Å². The van der Waals surface area contributed by atoms with E-state index in [1.165, 1.54) is 5.56 Å². The number of hydrogen-bond donors (Lipinski definition) is 2. The Bertz CT molecular complexity index is 447. The third-order valence-electron chi connectivity index (χ3n) is 1.81. The van der Waals surface area contributed by atoms with Gasteiger partial charge in [0.2, 0.25) is 0 Å². The number of carbonyl (C=O) groups is 1. The van der Waals surface area contributed by atoms with Gasteiger partial charge in [-0.3, -0.25) is 4.79 Å². The fraction of sp³-hybridized carbons (Fsp3) is 0.300. The number of nitrogens with zero attached hydrogens (tertiary/aromatic N) is 2. The Morgan fingerprint density at radius 2 is 2.13 bits per heavy atom. The smallest absolute Gasteiger partial charge is 0.300 e. The molecule has 0 fully saturated rings. The predicted octanol–water partition coefficient (Wildman–Crippen LogP) is 1.61. The van der Waals surface area contributed by atoms with Crippen LogP contribution in [0.15, 0.2) is 18.2 Å². The first-order valence-corrected chi connectivity index (χ1v) is 4.63. The molecule has 0 aliphatic heterocycles. The van der Waals surface area contributed by atoms with Crippen molar-refractivity contribution in [1.29, 1.82) is 0 Å². The molecular weight excluding hydrogens is 194 g/mol. The molecule has 0 saturated heterocycles. The Balaban J connectivity index is 0.000000245. The van der Waals surface area contributed by atoms with Crippen molar-refractivity contribution in [3.63, 3.8) is 0 Å². The number of carboxylic acids is 1. The zero-order valence-electron chi connectivity index (χ0n) is 8.69. The lowest BCUT2D eigenvalue weighted by Gasteiger charge is -1.93. The highest BCUT2D eigenvalue weighted by Crippen LogP contribution is 2.13. The third-order valence-corrected chi connectivity index (χ3v) is 1.81. The van der Waals surface area contributed by atoms with Crippen LogP contribution in [0.4, 0.5) is 0 Å². The maximum Gasteiger partial charge on any atom is 0.300 e. The summed E-state index contributed by atoms with van der Waals surface area (Å²) in [6, 6.07) is 6.03. The Kier molecular flexibility index (Phi) is 3.79. The Morgan fingerprint density at radius 1 is 1.47 bits per heavy atom. The number of aliphatic carboxylic acids is 1. The van der Waals surface area contributed by atoms with E-state index in [0.29, 0.717) is 0 Å². The molecule has 2 aromatic rings. The summed E-state index contributed by atoms with van der Waals surface area (Å²) in [7, 11) is 0. The molecule has 1 aromatic heterocycles. The van der Waals surface area contributed by atoms with Crippen molar-refractivity contribution >= 4 is 17.0 Å². The average Bonchev–Trinajstić information content (AvgIpc) is 2.63. The lowest BCUT2D eigenvalue weighted by atomic mass is 10.1. The number of aryl methyl sites for hydroxylation is 1. The van der Waals surface area contributed by atoms with Crippen LogP contribution in [0.25, 0.3) is 11.0 Å². The molecule has 2 N–H and O–H groups in total. The van der Waals surface area contributed by atoms with Crippen LogP contribution in [-0.2, 0) is 11.2 Å². The maximum atomic E-state index is 9.00. The number of benzene rings is 1. The van der Waals surface area contributed by atoms with Crippen LogP contribution in [0.1, 0.15) is 19.4 Å². The van der Waals surface area contributed by atoms with E-state index in [1.807, 2.05) is 12.1 Å². The maximum absolute atomic E-state index is 9.00. The topological polar surface area (TPSA) is 78.9 Å². The molecule has 5 heteroatoms. The molecular formula is C10H13N3O2. The van der Waals surface area contributed by atoms with E-state index in [9.17, 15) is 0 Å². The second kappa shape index (κ2) is 5.09. The first kappa shape index (κ1) is 11.2. The lowest BCUT2D eigenvalue weighted by molar-refractivity contribution is -0.134. The number of aromatic amines is 1. The third kappa shape index (κ3) is 3.05. The van der Waals surface area contributed by atoms with E-state index in [0.717, 1.165) is 24.4 Å². The highest BCUT2D eigenvalue weighted by atomic mass is 16.4. The Labute approximate surface area is 87.1 Å². The summed E-state index contributed by atoms with van der Waals surface area (Å²) in [6.45, 7) is 3.20. The minimum Gasteiger partial charge on any atom is -0.481 e. The molecule has 5 nitrogen and oxygen atoms in total. The van der Waals surface area contributed by atoms with E-state index >= 15 is 0 Å². The molecule has 0 radical (unpaired) electrons. The van der Waals surface area contributed by atoms with Gasteiger partial charge < -0.3 is 5.11 Å². The van der Waals surface area contributed by atoms with E-state index in [-0.39, 0.29) is 0 Å². The molecule has 1 aromatic carbocycles. The van der Waals surface area contributed by atoms with Crippen molar-refractivity contribution in [3.05, 3.63) is 23.8 Å². The monoisotopic (exact) mass is 207 g/mol. The van der Waals surface area contributed by atoms with Gasteiger partial charge in [-0.05, 0) is 18.1 Å². The summed E-state index contributed by atoms with van der Waals surface area (Å²) in [5.74, 6) is -0.833. The quantitative estimate of drug-likeness (QED) is 0.744. The molecule has 80 valence electrons. The highest BCUT2D eigenvalue weighted by molar-refractivity contribution is 5.77. The fourth-order valence-corrected chi connectivity index (χ4v) is 1.21. The van der Waals surface area contributed by atoms with Crippen molar-refractivity contribution in [3.8, 4) is 0 Å². The Morgan fingerprint density at radius 3 is 2.73 bits per heavy atom. The molecule has 0 aliphatic carbocycles. The van der Waals surface area contributed by atoms with E-state index < -0.39 is 5.97 Å². The van der Waals surface area contributed by atoms with Crippen LogP contribution in [0, 0.1) is 0 Å². The standard InChI is InChI=1S/C8H9N3.C2H4O2/c1-2-6-4-3-5-7-8(6)10-11-9-7;1-2(3)4/h3-5H,2H2,1H3,(H,9,10,11);1H3,(H,3,4). The van der Waals surface area contributed by atoms with E-state index in [2.05, 4.69) is 28.4 Å². The summed E-state index contributed by atoms with van der Waals surface area (Å²) in [6.07, 6.45) is 1.00. The second-order valence-corrected chi connectivity index (χ2v) is 2.98. The van der Waals surface area contributed by atoms with Crippen LogP contribution in [-0.4, -0.2) is 26.5 Å². The zero-order valence-corrected chi connectivity index (χ0v) is 8.69. The van der Waals surface area contributed by atoms with Crippen LogP contribution < -0.4 is 0 Å². The molecule has 0 unspecified atom stereocenters. The molecule has 0 bridgehead atoms. The number of aromatic nitrogens is 3. The van der Waals surface area contributed by atoms with Crippen molar-refractivity contribution in [2.45, 2.75) is 20.3 Å². The fourth-order valence-electron chi connectivity index (χ4n) is 1.21. The van der Waals surface area contributed by atoms with E-state index in [1.54, 1.807) is 0 Å². The molecule has 0 atom stereocenters. The van der Waals surface area contributed by atoms with Gasteiger partial charge in [0, 0.05) is 6.92 Å². The molecule has 0 spiro atoms. The van der Waals surface area contributed by atoms with E-state index in [4.69, 9.17) is 9.90 Å². The normalized spacial score (nSPS) is 9.47. The molecule has 0 aliphatic rings. The highest BCUT2D eigenvalue weighted by Gasteiger charge is 2.00. The summed E-state index contributed by atoms with van der Waals surface area (Å²) in [5, 5.41) is 18.1. The molecule has 2 rings (SSSR count). The van der Waals surface area contributed by atoms with Crippen molar-refractivity contribution in [2.24, 2.45) is 0 Å². The van der Waals surface area contributed by atoms with Gasteiger partial charge in [0.25, 0.3) is 5.97 Å². The first-order chi connectivity index (χ1) is 7.15. The van der Waals surface area contributed by atoms with Crippen molar-refractivity contribution in [2.75, 3.05) is 0 Å². The second-order valence-electron chi connectivity index (χ2n) is 2.98. The van der Waals surface area contributed by atoms with Gasteiger partial charge in [-0.1, -0.05) is 19.1 Å². The van der Waals surface area contributed by atoms with Gasteiger partial charge in [0.05, 0.1) is 0 Å². The Hall–Kier alpha value is -1.91. The number of para-hydroxylation sites is 1. The van der Waals surface area contributed by atoms with Crippen molar-refractivity contribution < 1.29 is 9.90 Å². The van der Waals surface area contributed by atoms with Crippen LogP contribution in [0.5, 0.6) is 0 Å². The first-order valence-electron chi connectivity index (χ1n) is 4.63. The average molecular weight is 207 g/mol. The zero-order chi connectivity index (χ0) is 11.3. The molecule has 15 heavy (non-hydrogen) atoms. The van der Waals surface area contributed by atoms with Crippen LogP contribution in [0.3, 0.4) is 0 Å². The largest absolute Gasteiger partial charge is 0.481 e. The van der Waals surface area contributed by atoms with Gasteiger partial charge in [-0.2, -0.15) is 15.4 Å². The number of rotatable bonds is 1. The number of fused-ring (bicyclic) bond motifs is 1. The minimum atomic E-state index is -0.833. The van der Waals surface area contributed by atoms with Crippen molar-refractivity contribution in [1.82, 2.24) is 15.4 Å². The summed E-state index contributed by atoms with van der Waals surface area (Å²) in [4.78, 5) is 9.00. The summed E-state index contributed by atoms with van der Waals surface area (Å²) in [5.41, 5.74) is 3.19. The molecule has 0 amide bonds. The van der Waals surface area contributed by atoms with Gasteiger partial charge in [0.15, 0.2) is 0 Å². The molecule has 0 saturated carbocycles. The minimum absolute atomic E-state index is 0.833. The summed E-state index contributed by atoms with van der Waals surface area (Å²) >= 11 is 0. The predicted molar refractivity (Wildman–Crippen MR) is 56.6 cm³/mol. The SMILES string of the molecule is CC(=O)O.CCc1cccc2n[nH]nc12. The lowest BCUT2D eigenvalue weighted by Crippen LogP contribution is -1.81. The number of hydrogen-bond acceptors (Lipinski definition) is 3. The van der Waals surface area contributed by atoms with Crippen LogP contribution in [0.2, 0.25) is 0 Å². The van der Waals surface area contributed by atoms with Gasteiger partial charge in [0.1, 0.15) is 11.0 Å².